The van der Waals surface area contributed by atoms with Crippen LogP contribution in [0, 0.1) is 0 Å². The Morgan fingerprint density at radius 3 is 2.43 bits per heavy atom. The molecule has 0 saturated heterocycles. The first-order valence-electron chi connectivity index (χ1n) is 6.66. The summed E-state index contributed by atoms with van der Waals surface area (Å²) in [5.41, 5.74) is 5.09. The number of halogens is 3. The molecule has 6 nitrogen and oxygen atoms in total. The van der Waals surface area contributed by atoms with Crippen LogP contribution in [0.25, 0.3) is 0 Å². The van der Waals surface area contributed by atoms with Gasteiger partial charge in [0.15, 0.2) is 5.69 Å². The van der Waals surface area contributed by atoms with Gasteiger partial charge in [-0.25, -0.2) is 4.98 Å². The fraction of sp³-hybridized carbons (Fsp3) is 0.214. The van der Waals surface area contributed by atoms with Crippen LogP contribution in [0.1, 0.15) is 23.0 Å². The summed E-state index contributed by atoms with van der Waals surface area (Å²) in [6.07, 6.45) is -4.65. The fourth-order valence-electron chi connectivity index (χ4n) is 1.72. The number of hydrogen-bond donors (Lipinski definition) is 3. The molecule has 0 aliphatic carbocycles. The molecule has 0 spiro atoms. The molecule has 122 valence electrons. The average Bonchev–Trinajstić information content (AvgIpc) is 2.47. The normalized spacial score (nSPS) is 11.1. The Morgan fingerprint density at radius 2 is 1.87 bits per heavy atom. The molecule has 2 aromatic rings. The van der Waals surface area contributed by atoms with E-state index in [2.05, 4.69) is 20.6 Å². The Balaban J connectivity index is 2.29. The van der Waals surface area contributed by atoms with Crippen LogP contribution in [0.4, 0.5) is 30.6 Å². The van der Waals surface area contributed by atoms with Crippen molar-refractivity contribution in [1.82, 2.24) is 9.97 Å². The maximum Gasteiger partial charge on any atom is 0.433 e. The molecule has 0 unspecified atom stereocenters. The minimum Gasteiger partial charge on any atom is -0.399 e. The van der Waals surface area contributed by atoms with E-state index in [-0.39, 0.29) is 17.3 Å². The van der Waals surface area contributed by atoms with E-state index in [9.17, 15) is 18.0 Å². The molecule has 1 amide bonds. The van der Waals surface area contributed by atoms with E-state index >= 15 is 0 Å². The Hall–Kier alpha value is -2.84. The molecule has 0 aliphatic rings. The standard InChI is InChI=1S/C14H14F3N5O/c1-2-19-13-20-10(14(15,16)17)7-11(22-13)21-12(23)8-3-5-9(18)6-4-8/h3-7H,2,18H2,1H3,(H2,19,20,21,22,23). The predicted molar refractivity (Wildman–Crippen MR) is 80.0 cm³/mol. The first-order valence-corrected chi connectivity index (χ1v) is 6.66. The van der Waals surface area contributed by atoms with Gasteiger partial charge in [-0.2, -0.15) is 18.2 Å². The van der Waals surface area contributed by atoms with Crippen molar-refractivity contribution in [1.29, 1.82) is 0 Å². The minimum absolute atomic E-state index is 0.213. The molecule has 4 N–H and O–H groups in total. The summed E-state index contributed by atoms with van der Waals surface area (Å²) >= 11 is 0. The quantitative estimate of drug-likeness (QED) is 0.752. The summed E-state index contributed by atoms with van der Waals surface area (Å²) in [6.45, 7) is 2.03. The van der Waals surface area contributed by atoms with Gasteiger partial charge in [0.2, 0.25) is 5.95 Å². The molecule has 0 saturated carbocycles. The molecular formula is C14H14F3N5O. The first kappa shape index (κ1) is 16.5. The van der Waals surface area contributed by atoms with E-state index in [1.165, 1.54) is 24.3 Å². The Bertz CT molecular complexity index is 701. The van der Waals surface area contributed by atoms with Crippen LogP contribution in [0.15, 0.2) is 30.3 Å². The second kappa shape index (κ2) is 6.51. The Labute approximate surface area is 129 Å². The van der Waals surface area contributed by atoms with Gasteiger partial charge in [-0.1, -0.05) is 0 Å². The zero-order valence-electron chi connectivity index (χ0n) is 12.1. The third-order valence-corrected chi connectivity index (χ3v) is 2.77. The fourth-order valence-corrected chi connectivity index (χ4v) is 1.72. The van der Waals surface area contributed by atoms with Crippen LogP contribution >= 0.6 is 0 Å². The van der Waals surface area contributed by atoms with Crippen molar-refractivity contribution in [3.05, 3.63) is 41.6 Å². The van der Waals surface area contributed by atoms with Crippen LogP contribution < -0.4 is 16.4 Å². The maximum atomic E-state index is 12.8. The van der Waals surface area contributed by atoms with Gasteiger partial charge in [0.05, 0.1) is 0 Å². The molecule has 1 heterocycles. The second-order valence-electron chi connectivity index (χ2n) is 4.57. The topological polar surface area (TPSA) is 92.9 Å². The predicted octanol–water partition coefficient (Wildman–Crippen LogP) is 2.76. The smallest absolute Gasteiger partial charge is 0.399 e. The van der Waals surface area contributed by atoms with Crippen molar-refractivity contribution < 1.29 is 18.0 Å². The lowest BCUT2D eigenvalue weighted by Gasteiger charge is -2.11. The van der Waals surface area contributed by atoms with E-state index in [1.807, 2.05) is 0 Å². The number of carbonyl (C=O) groups excluding carboxylic acids is 1. The number of alkyl halides is 3. The molecule has 9 heteroatoms. The first-order chi connectivity index (χ1) is 10.8. The highest BCUT2D eigenvalue weighted by Gasteiger charge is 2.33. The number of amides is 1. The number of nitrogen functional groups attached to an aromatic ring is 1. The molecule has 0 fully saturated rings. The van der Waals surface area contributed by atoms with Gasteiger partial charge in [-0.3, -0.25) is 4.79 Å². The van der Waals surface area contributed by atoms with Gasteiger partial charge >= 0.3 is 6.18 Å². The monoisotopic (exact) mass is 325 g/mol. The number of rotatable bonds is 4. The Kier molecular flexibility index (Phi) is 4.68. The van der Waals surface area contributed by atoms with Crippen LogP contribution in [0.5, 0.6) is 0 Å². The number of aromatic nitrogens is 2. The van der Waals surface area contributed by atoms with E-state index < -0.39 is 17.8 Å². The van der Waals surface area contributed by atoms with Gasteiger partial charge in [0.1, 0.15) is 5.82 Å². The van der Waals surface area contributed by atoms with Crippen LogP contribution in [0.3, 0.4) is 0 Å². The summed E-state index contributed by atoms with van der Waals surface area (Å²) in [4.78, 5) is 19.3. The number of carbonyl (C=O) groups is 1. The highest BCUT2D eigenvalue weighted by Crippen LogP contribution is 2.29. The SMILES string of the molecule is CCNc1nc(NC(=O)c2ccc(N)cc2)cc(C(F)(F)F)n1. The molecule has 0 atom stereocenters. The Morgan fingerprint density at radius 1 is 1.22 bits per heavy atom. The minimum atomic E-state index is -4.65. The number of hydrogen-bond acceptors (Lipinski definition) is 5. The van der Waals surface area contributed by atoms with Crippen molar-refractivity contribution in [3.8, 4) is 0 Å². The lowest BCUT2D eigenvalue weighted by atomic mass is 10.2. The number of nitrogens with one attached hydrogen (secondary N) is 2. The van der Waals surface area contributed by atoms with E-state index in [4.69, 9.17) is 5.73 Å². The van der Waals surface area contributed by atoms with E-state index in [1.54, 1.807) is 6.92 Å². The molecule has 1 aromatic carbocycles. The summed E-state index contributed by atoms with van der Waals surface area (Å²) in [5, 5.41) is 4.91. The van der Waals surface area contributed by atoms with Gasteiger partial charge in [0.25, 0.3) is 5.91 Å². The number of benzene rings is 1. The van der Waals surface area contributed by atoms with Crippen molar-refractivity contribution in [3.63, 3.8) is 0 Å². The largest absolute Gasteiger partial charge is 0.433 e. The summed E-state index contributed by atoms with van der Waals surface area (Å²) in [7, 11) is 0. The van der Waals surface area contributed by atoms with Gasteiger partial charge < -0.3 is 16.4 Å². The molecule has 0 bridgehead atoms. The number of anilines is 3. The van der Waals surface area contributed by atoms with Crippen molar-refractivity contribution in [2.45, 2.75) is 13.1 Å². The molecule has 23 heavy (non-hydrogen) atoms. The van der Waals surface area contributed by atoms with Crippen LogP contribution in [-0.4, -0.2) is 22.4 Å². The lowest BCUT2D eigenvalue weighted by molar-refractivity contribution is -0.141. The van der Waals surface area contributed by atoms with Gasteiger partial charge in [-0.15, -0.1) is 0 Å². The van der Waals surface area contributed by atoms with Gasteiger partial charge in [-0.05, 0) is 31.2 Å². The number of nitrogens with two attached hydrogens (primary N) is 1. The van der Waals surface area contributed by atoms with E-state index in [0.29, 0.717) is 18.3 Å². The van der Waals surface area contributed by atoms with Crippen LogP contribution in [0.2, 0.25) is 0 Å². The van der Waals surface area contributed by atoms with Gasteiger partial charge in [0, 0.05) is 23.9 Å². The molecule has 0 aliphatic heterocycles. The second-order valence-corrected chi connectivity index (χ2v) is 4.57. The highest BCUT2D eigenvalue weighted by molar-refractivity contribution is 6.04. The third-order valence-electron chi connectivity index (χ3n) is 2.77. The molecule has 2 rings (SSSR count). The van der Waals surface area contributed by atoms with E-state index in [0.717, 1.165) is 0 Å². The van der Waals surface area contributed by atoms with Crippen LogP contribution in [-0.2, 0) is 6.18 Å². The van der Waals surface area contributed by atoms with Crippen molar-refractivity contribution in [2.24, 2.45) is 0 Å². The van der Waals surface area contributed by atoms with Crippen molar-refractivity contribution >= 4 is 23.4 Å². The third kappa shape index (κ3) is 4.31. The van der Waals surface area contributed by atoms with Crippen molar-refractivity contribution in [2.75, 3.05) is 22.9 Å². The summed E-state index contributed by atoms with van der Waals surface area (Å²) in [5.74, 6) is -1.06. The summed E-state index contributed by atoms with van der Waals surface area (Å²) < 4.78 is 38.5. The zero-order chi connectivity index (χ0) is 17.0. The summed E-state index contributed by atoms with van der Waals surface area (Å²) in [6, 6.07) is 6.62. The average molecular weight is 325 g/mol. The zero-order valence-corrected chi connectivity index (χ0v) is 12.1. The maximum absolute atomic E-state index is 12.8. The lowest BCUT2D eigenvalue weighted by Crippen LogP contribution is -2.17. The molecular weight excluding hydrogens is 311 g/mol. The number of nitrogens with zero attached hydrogens (tertiary/aromatic N) is 2. The molecule has 1 aromatic heterocycles. The molecule has 0 radical (unpaired) electrons. The highest BCUT2D eigenvalue weighted by atomic mass is 19.4.